The van der Waals surface area contributed by atoms with E-state index in [9.17, 15) is 0 Å². The van der Waals surface area contributed by atoms with E-state index < -0.39 is 0 Å². The summed E-state index contributed by atoms with van der Waals surface area (Å²) in [6.07, 6.45) is 7.71. The summed E-state index contributed by atoms with van der Waals surface area (Å²) in [4.78, 5) is 18.9. The van der Waals surface area contributed by atoms with Crippen LogP contribution >= 0.6 is 0 Å². The zero-order chi connectivity index (χ0) is 13.9. The average Bonchev–Trinajstić information content (AvgIpc) is 3.09. The number of hydrogen-bond donors (Lipinski definition) is 2. The number of H-pyrrole nitrogens is 1. The first kappa shape index (κ1) is 13.1. The second-order valence-corrected chi connectivity index (χ2v) is 5.18. The molecule has 1 aliphatic rings. The van der Waals surface area contributed by atoms with Gasteiger partial charge in [0.05, 0.1) is 36.2 Å². The Kier molecular flexibility index (Phi) is 3.64. The van der Waals surface area contributed by atoms with Crippen molar-refractivity contribution in [3.8, 4) is 0 Å². The highest BCUT2D eigenvalue weighted by Crippen LogP contribution is 2.32. The normalized spacial score (nSPS) is 19.4. The third kappa shape index (κ3) is 2.51. The SMILES string of the molecule is CNc1cncc(C2CCCN2Cc2nc[nH]c2C)n1. The summed E-state index contributed by atoms with van der Waals surface area (Å²) < 4.78 is 0. The van der Waals surface area contributed by atoms with Gasteiger partial charge in [0.25, 0.3) is 0 Å². The van der Waals surface area contributed by atoms with Crippen molar-refractivity contribution in [2.75, 3.05) is 18.9 Å². The molecule has 0 aromatic carbocycles. The first-order valence-corrected chi connectivity index (χ1v) is 7.00. The van der Waals surface area contributed by atoms with Crippen LogP contribution in [0.15, 0.2) is 18.7 Å². The molecule has 6 nitrogen and oxygen atoms in total. The first-order chi connectivity index (χ1) is 9.78. The lowest BCUT2D eigenvalue weighted by Crippen LogP contribution is -2.24. The standard InChI is InChI=1S/C14H20N6/c1-10-12(18-9-17-10)8-20-5-3-4-13(20)11-6-16-7-14(15-2)19-11/h6-7,9,13H,3-5,8H2,1-2H3,(H,15,19)(H,17,18). The zero-order valence-electron chi connectivity index (χ0n) is 11.9. The van der Waals surface area contributed by atoms with Crippen LogP contribution in [0.2, 0.25) is 0 Å². The van der Waals surface area contributed by atoms with Crippen LogP contribution in [-0.4, -0.2) is 38.4 Å². The molecule has 1 aliphatic heterocycles. The Morgan fingerprint density at radius 1 is 1.45 bits per heavy atom. The monoisotopic (exact) mass is 272 g/mol. The molecule has 1 atom stereocenters. The molecule has 0 spiro atoms. The van der Waals surface area contributed by atoms with Crippen molar-refractivity contribution in [3.05, 3.63) is 35.8 Å². The van der Waals surface area contributed by atoms with E-state index in [-0.39, 0.29) is 0 Å². The molecular formula is C14H20N6. The summed E-state index contributed by atoms with van der Waals surface area (Å²) in [5.74, 6) is 0.824. The molecule has 20 heavy (non-hydrogen) atoms. The van der Waals surface area contributed by atoms with Gasteiger partial charge >= 0.3 is 0 Å². The number of aryl methyl sites for hydroxylation is 1. The Morgan fingerprint density at radius 3 is 3.10 bits per heavy atom. The molecule has 1 saturated heterocycles. The molecule has 106 valence electrons. The van der Waals surface area contributed by atoms with Crippen LogP contribution in [0.25, 0.3) is 0 Å². The number of aromatic nitrogens is 4. The van der Waals surface area contributed by atoms with E-state index in [4.69, 9.17) is 0 Å². The van der Waals surface area contributed by atoms with E-state index in [1.165, 1.54) is 6.42 Å². The molecule has 3 heterocycles. The van der Waals surface area contributed by atoms with Gasteiger partial charge < -0.3 is 10.3 Å². The van der Waals surface area contributed by atoms with Gasteiger partial charge in [-0.15, -0.1) is 0 Å². The van der Waals surface area contributed by atoms with Crippen molar-refractivity contribution in [3.63, 3.8) is 0 Å². The first-order valence-electron chi connectivity index (χ1n) is 7.00. The largest absolute Gasteiger partial charge is 0.372 e. The van der Waals surface area contributed by atoms with Crippen molar-refractivity contribution >= 4 is 5.82 Å². The number of nitrogens with one attached hydrogen (secondary N) is 2. The number of imidazole rings is 1. The van der Waals surface area contributed by atoms with E-state index in [2.05, 4.69) is 37.1 Å². The molecule has 2 aromatic heterocycles. The third-order valence-electron chi connectivity index (χ3n) is 3.90. The third-order valence-corrected chi connectivity index (χ3v) is 3.90. The second-order valence-electron chi connectivity index (χ2n) is 5.18. The quantitative estimate of drug-likeness (QED) is 0.889. The number of hydrogen-bond acceptors (Lipinski definition) is 5. The van der Waals surface area contributed by atoms with Crippen molar-refractivity contribution < 1.29 is 0 Å². The molecule has 6 heteroatoms. The minimum absolute atomic E-state index is 0.340. The van der Waals surface area contributed by atoms with Gasteiger partial charge in [-0.05, 0) is 26.3 Å². The molecule has 0 aliphatic carbocycles. The fraction of sp³-hybridized carbons (Fsp3) is 0.500. The maximum atomic E-state index is 4.63. The summed E-state index contributed by atoms with van der Waals surface area (Å²) in [5.41, 5.74) is 3.31. The molecule has 3 rings (SSSR count). The number of nitrogens with zero attached hydrogens (tertiary/aromatic N) is 4. The smallest absolute Gasteiger partial charge is 0.144 e. The van der Waals surface area contributed by atoms with Gasteiger partial charge in [-0.3, -0.25) is 9.88 Å². The fourth-order valence-corrected chi connectivity index (χ4v) is 2.75. The Labute approximate surface area is 118 Å². The van der Waals surface area contributed by atoms with Gasteiger partial charge in [-0.1, -0.05) is 0 Å². The minimum atomic E-state index is 0.340. The molecule has 2 N–H and O–H groups in total. The van der Waals surface area contributed by atoms with Crippen molar-refractivity contribution in [1.82, 2.24) is 24.8 Å². The van der Waals surface area contributed by atoms with E-state index in [0.29, 0.717) is 6.04 Å². The highest BCUT2D eigenvalue weighted by molar-refractivity contribution is 5.31. The molecular weight excluding hydrogens is 252 g/mol. The molecule has 2 aromatic rings. The number of aromatic amines is 1. The highest BCUT2D eigenvalue weighted by atomic mass is 15.2. The second kappa shape index (κ2) is 5.58. The fourth-order valence-electron chi connectivity index (χ4n) is 2.75. The predicted molar refractivity (Wildman–Crippen MR) is 77.3 cm³/mol. The number of likely N-dealkylation sites (tertiary alicyclic amines) is 1. The minimum Gasteiger partial charge on any atom is -0.372 e. The van der Waals surface area contributed by atoms with E-state index in [1.54, 1.807) is 12.5 Å². The van der Waals surface area contributed by atoms with Crippen LogP contribution in [0.1, 0.15) is 36.0 Å². The summed E-state index contributed by atoms with van der Waals surface area (Å²) in [6, 6.07) is 0.340. The maximum absolute atomic E-state index is 4.63. The van der Waals surface area contributed by atoms with E-state index in [0.717, 1.165) is 42.4 Å². The number of rotatable bonds is 4. The van der Waals surface area contributed by atoms with Crippen LogP contribution in [0.4, 0.5) is 5.82 Å². The van der Waals surface area contributed by atoms with Crippen molar-refractivity contribution in [2.45, 2.75) is 32.4 Å². The van der Waals surface area contributed by atoms with Crippen LogP contribution in [0.5, 0.6) is 0 Å². The Morgan fingerprint density at radius 2 is 2.35 bits per heavy atom. The lowest BCUT2D eigenvalue weighted by atomic mass is 10.1. The Balaban J connectivity index is 1.79. The van der Waals surface area contributed by atoms with Crippen molar-refractivity contribution in [2.24, 2.45) is 0 Å². The van der Waals surface area contributed by atoms with Gasteiger partial charge in [0.1, 0.15) is 5.82 Å². The average molecular weight is 272 g/mol. The number of anilines is 1. The summed E-state index contributed by atoms with van der Waals surface area (Å²) in [7, 11) is 1.87. The van der Waals surface area contributed by atoms with Gasteiger partial charge in [-0.2, -0.15) is 0 Å². The lowest BCUT2D eigenvalue weighted by Gasteiger charge is -2.23. The molecule has 0 radical (unpaired) electrons. The van der Waals surface area contributed by atoms with Gasteiger partial charge in [0.2, 0.25) is 0 Å². The summed E-state index contributed by atoms with van der Waals surface area (Å²) in [5, 5.41) is 3.05. The van der Waals surface area contributed by atoms with E-state index in [1.807, 2.05) is 13.2 Å². The lowest BCUT2D eigenvalue weighted by molar-refractivity contribution is 0.241. The van der Waals surface area contributed by atoms with Gasteiger partial charge in [0.15, 0.2) is 0 Å². The molecule has 0 bridgehead atoms. The molecule has 1 fully saturated rings. The van der Waals surface area contributed by atoms with Gasteiger partial charge in [0, 0.05) is 19.3 Å². The zero-order valence-corrected chi connectivity index (χ0v) is 11.9. The molecule has 0 saturated carbocycles. The summed E-state index contributed by atoms with van der Waals surface area (Å²) >= 11 is 0. The van der Waals surface area contributed by atoms with Crippen LogP contribution in [0.3, 0.4) is 0 Å². The Hall–Kier alpha value is -1.95. The van der Waals surface area contributed by atoms with E-state index >= 15 is 0 Å². The Bertz CT molecular complexity index is 579. The van der Waals surface area contributed by atoms with Crippen LogP contribution in [-0.2, 0) is 6.54 Å². The van der Waals surface area contributed by atoms with Crippen LogP contribution < -0.4 is 5.32 Å². The van der Waals surface area contributed by atoms with Crippen molar-refractivity contribution in [1.29, 1.82) is 0 Å². The maximum Gasteiger partial charge on any atom is 0.144 e. The topological polar surface area (TPSA) is 69.7 Å². The molecule has 1 unspecified atom stereocenters. The highest BCUT2D eigenvalue weighted by Gasteiger charge is 2.28. The molecule has 0 amide bonds. The summed E-state index contributed by atoms with van der Waals surface area (Å²) in [6.45, 7) is 4.02. The van der Waals surface area contributed by atoms with Crippen LogP contribution in [0, 0.1) is 6.92 Å². The predicted octanol–water partition coefficient (Wildman–Crippen LogP) is 1.89. The van der Waals surface area contributed by atoms with Gasteiger partial charge in [-0.25, -0.2) is 9.97 Å².